The van der Waals surface area contributed by atoms with E-state index in [1.54, 1.807) is 12.1 Å². The van der Waals surface area contributed by atoms with E-state index in [4.69, 9.17) is 0 Å². The Hall–Kier alpha value is -1.22. The van der Waals surface area contributed by atoms with Crippen LogP contribution < -0.4 is 5.32 Å². The average Bonchev–Trinajstić information content (AvgIpc) is 2.06. The Bertz CT molecular complexity index is 330. The molecule has 0 aromatic heterocycles. The SMILES string of the molecule is O=C(Cc1ccc(F)cc1)C1CNC1. The molecule has 0 spiro atoms. The summed E-state index contributed by atoms with van der Waals surface area (Å²) in [5, 5.41) is 3.06. The van der Waals surface area contributed by atoms with Crippen molar-refractivity contribution in [1.29, 1.82) is 0 Å². The third-order valence-corrected chi connectivity index (χ3v) is 2.53. The highest BCUT2D eigenvalue weighted by Crippen LogP contribution is 2.10. The summed E-state index contributed by atoms with van der Waals surface area (Å²) in [6, 6.07) is 6.11. The Balaban J connectivity index is 1.96. The van der Waals surface area contributed by atoms with Crippen LogP contribution in [0.3, 0.4) is 0 Å². The van der Waals surface area contributed by atoms with Gasteiger partial charge in [0.15, 0.2) is 0 Å². The lowest BCUT2D eigenvalue weighted by Gasteiger charge is -2.25. The predicted molar refractivity (Wildman–Crippen MR) is 51.5 cm³/mol. The van der Waals surface area contributed by atoms with Gasteiger partial charge in [0.05, 0.1) is 0 Å². The van der Waals surface area contributed by atoms with Gasteiger partial charge in [-0.2, -0.15) is 0 Å². The fourth-order valence-electron chi connectivity index (χ4n) is 1.46. The Morgan fingerprint density at radius 3 is 2.50 bits per heavy atom. The van der Waals surface area contributed by atoms with Crippen LogP contribution in [0, 0.1) is 11.7 Å². The summed E-state index contributed by atoms with van der Waals surface area (Å²) >= 11 is 0. The van der Waals surface area contributed by atoms with Crippen molar-refractivity contribution in [2.75, 3.05) is 13.1 Å². The Morgan fingerprint density at radius 2 is 2.00 bits per heavy atom. The first kappa shape index (κ1) is 9.34. The molecule has 1 fully saturated rings. The van der Waals surface area contributed by atoms with Gasteiger partial charge in [-0.15, -0.1) is 0 Å². The molecule has 1 heterocycles. The largest absolute Gasteiger partial charge is 0.315 e. The molecule has 1 aliphatic heterocycles. The van der Waals surface area contributed by atoms with E-state index in [0.29, 0.717) is 6.42 Å². The number of nitrogens with one attached hydrogen (secondary N) is 1. The zero-order valence-corrected chi connectivity index (χ0v) is 7.79. The molecule has 2 nitrogen and oxygen atoms in total. The van der Waals surface area contributed by atoms with Crippen molar-refractivity contribution < 1.29 is 9.18 Å². The minimum atomic E-state index is -0.258. The molecule has 0 saturated carbocycles. The molecule has 2 rings (SSSR count). The molecule has 3 heteroatoms. The molecule has 0 amide bonds. The van der Waals surface area contributed by atoms with Gasteiger partial charge < -0.3 is 5.32 Å². The normalized spacial score (nSPS) is 16.4. The van der Waals surface area contributed by atoms with E-state index in [-0.39, 0.29) is 17.5 Å². The lowest BCUT2D eigenvalue weighted by molar-refractivity contribution is -0.123. The maximum atomic E-state index is 12.6. The van der Waals surface area contributed by atoms with Crippen molar-refractivity contribution in [1.82, 2.24) is 5.32 Å². The average molecular weight is 193 g/mol. The lowest BCUT2D eigenvalue weighted by atomic mass is 9.93. The quantitative estimate of drug-likeness (QED) is 0.780. The highest BCUT2D eigenvalue weighted by molar-refractivity contribution is 5.84. The van der Waals surface area contributed by atoms with Crippen molar-refractivity contribution in [2.45, 2.75) is 6.42 Å². The van der Waals surface area contributed by atoms with E-state index >= 15 is 0 Å². The van der Waals surface area contributed by atoms with Gasteiger partial charge in [-0.1, -0.05) is 12.1 Å². The Kier molecular flexibility index (Phi) is 2.59. The van der Waals surface area contributed by atoms with Crippen LogP contribution in [0.4, 0.5) is 4.39 Å². The van der Waals surface area contributed by atoms with Gasteiger partial charge in [-0.25, -0.2) is 4.39 Å². The third-order valence-electron chi connectivity index (χ3n) is 2.53. The van der Waals surface area contributed by atoms with Crippen LogP contribution in [0.25, 0.3) is 0 Å². The maximum Gasteiger partial charge on any atom is 0.142 e. The zero-order chi connectivity index (χ0) is 9.97. The number of hydrogen-bond acceptors (Lipinski definition) is 2. The molecular formula is C11H12FNO. The van der Waals surface area contributed by atoms with Crippen molar-refractivity contribution in [3.8, 4) is 0 Å². The summed E-state index contributed by atoms with van der Waals surface area (Å²) in [5.74, 6) is 0.155. The van der Waals surface area contributed by atoms with Crippen LogP contribution in [0.15, 0.2) is 24.3 Å². The second-order valence-corrected chi connectivity index (χ2v) is 3.62. The molecular weight excluding hydrogens is 181 g/mol. The minimum absolute atomic E-state index is 0.167. The molecule has 0 unspecified atom stereocenters. The molecule has 14 heavy (non-hydrogen) atoms. The number of carbonyl (C=O) groups excluding carboxylic acids is 1. The van der Waals surface area contributed by atoms with E-state index in [0.717, 1.165) is 18.7 Å². The number of Topliss-reactive ketones (excluding diaryl/α,β-unsaturated/α-hetero) is 1. The summed E-state index contributed by atoms with van der Waals surface area (Å²) < 4.78 is 12.6. The fourth-order valence-corrected chi connectivity index (χ4v) is 1.46. The Morgan fingerprint density at radius 1 is 1.36 bits per heavy atom. The van der Waals surface area contributed by atoms with E-state index in [1.165, 1.54) is 12.1 Å². The number of ketones is 1. The summed E-state index contributed by atoms with van der Waals surface area (Å²) in [6.45, 7) is 1.58. The first-order valence-electron chi connectivity index (χ1n) is 4.73. The third kappa shape index (κ3) is 1.99. The second-order valence-electron chi connectivity index (χ2n) is 3.62. The molecule has 0 bridgehead atoms. The zero-order valence-electron chi connectivity index (χ0n) is 7.79. The van der Waals surface area contributed by atoms with E-state index < -0.39 is 0 Å². The molecule has 0 aliphatic carbocycles. The van der Waals surface area contributed by atoms with Gasteiger partial charge in [0, 0.05) is 25.4 Å². The van der Waals surface area contributed by atoms with Crippen LogP contribution in [-0.2, 0) is 11.2 Å². The molecule has 1 aromatic carbocycles. The van der Waals surface area contributed by atoms with Crippen LogP contribution in [-0.4, -0.2) is 18.9 Å². The standard InChI is InChI=1S/C11H12FNO/c12-10-3-1-8(2-4-10)5-11(14)9-6-13-7-9/h1-4,9,13H,5-7H2. The summed E-state index contributed by atoms with van der Waals surface area (Å²) in [6.07, 6.45) is 0.423. The highest BCUT2D eigenvalue weighted by atomic mass is 19.1. The van der Waals surface area contributed by atoms with Gasteiger partial charge in [0.2, 0.25) is 0 Å². The van der Waals surface area contributed by atoms with E-state index in [9.17, 15) is 9.18 Å². The summed E-state index contributed by atoms with van der Waals surface area (Å²) in [7, 11) is 0. The van der Waals surface area contributed by atoms with Crippen molar-refractivity contribution >= 4 is 5.78 Å². The van der Waals surface area contributed by atoms with E-state index in [1.807, 2.05) is 0 Å². The van der Waals surface area contributed by atoms with E-state index in [2.05, 4.69) is 5.32 Å². The molecule has 1 saturated heterocycles. The van der Waals surface area contributed by atoms with Crippen LogP contribution in [0.1, 0.15) is 5.56 Å². The number of benzene rings is 1. The number of carbonyl (C=O) groups is 1. The smallest absolute Gasteiger partial charge is 0.142 e. The summed E-state index contributed by atoms with van der Waals surface area (Å²) in [4.78, 5) is 11.5. The topological polar surface area (TPSA) is 29.1 Å². The van der Waals surface area contributed by atoms with Crippen molar-refractivity contribution in [3.63, 3.8) is 0 Å². The molecule has 1 aromatic rings. The van der Waals surface area contributed by atoms with Crippen LogP contribution >= 0.6 is 0 Å². The maximum absolute atomic E-state index is 12.6. The van der Waals surface area contributed by atoms with Crippen molar-refractivity contribution in [3.05, 3.63) is 35.6 Å². The summed E-state index contributed by atoms with van der Waals surface area (Å²) in [5.41, 5.74) is 0.892. The highest BCUT2D eigenvalue weighted by Gasteiger charge is 2.24. The van der Waals surface area contributed by atoms with Gasteiger partial charge in [0.25, 0.3) is 0 Å². The van der Waals surface area contributed by atoms with Gasteiger partial charge >= 0.3 is 0 Å². The number of rotatable bonds is 3. The molecule has 74 valence electrons. The molecule has 1 N–H and O–H groups in total. The Labute approximate surface area is 82.1 Å². The van der Waals surface area contributed by atoms with Crippen molar-refractivity contribution in [2.24, 2.45) is 5.92 Å². The van der Waals surface area contributed by atoms with Crippen LogP contribution in [0.5, 0.6) is 0 Å². The molecule has 1 aliphatic rings. The van der Waals surface area contributed by atoms with Crippen LogP contribution in [0.2, 0.25) is 0 Å². The fraction of sp³-hybridized carbons (Fsp3) is 0.364. The first-order valence-corrected chi connectivity index (χ1v) is 4.73. The van der Waals surface area contributed by atoms with Gasteiger partial charge in [0.1, 0.15) is 11.6 Å². The first-order chi connectivity index (χ1) is 6.75. The minimum Gasteiger partial charge on any atom is -0.315 e. The molecule has 0 atom stereocenters. The van der Waals surface area contributed by atoms with Gasteiger partial charge in [-0.3, -0.25) is 4.79 Å². The number of hydrogen-bond donors (Lipinski definition) is 1. The predicted octanol–water partition coefficient (Wildman–Crippen LogP) is 1.16. The number of halogens is 1. The van der Waals surface area contributed by atoms with Gasteiger partial charge in [-0.05, 0) is 17.7 Å². The lowest BCUT2D eigenvalue weighted by Crippen LogP contribution is -2.47. The monoisotopic (exact) mass is 193 g/mol. The molecule has 0 radical (unpaired) electrons. The second kappa shape index (κ2) is 3.88.